The Morgan fingerprint density at radius 2 is 1.83 bits per heavy atom. The number of nitrogens with one attached hydrogen (secondary N) is 2. The molecule has 2 aromatic rings. The van der Waals surface area contributed by atoms with Crippen LogP contribution in [0.4, 0.5) is 0 Å². The molecule has 2 rings (SSSR count). The van der Waals surface area contributed by atoms with Gasteiger partial charge in [0.05, 0.1) is 10.7 Å². The summed E-state index contributed by atoms with van der Waals surface area (Å²) in [7, 11) is 1.81. The van der Waals surface area contributed by atoms with Gasteiger partial charge in [0, 0.05) is 31.4 Å². The van der Waals surface area contributed by atoms with Crippen LogP contribution in [-0.2, 0) is 12.8 Å². The van der Waals surface area contributed by atoms with E-state index in [9.17, 15) is 0 Å². The molecule has 0 amide bonds. The van der Waals surface area contributed by atoms with Crippen LogP contribution in [0, 0.1) is 13.8 Å². The molecule has 1 aromatic carbocycles. The molecule has 1 aromatic heterocycles. The highest BCUT2D eigenvalue weighted by molar-refractivity contribution is 7.11. The molecule has 5 heteroatoms. The van der Waals surface area contributed by atoms with Crippen molar-refractivity contribution >= 4 is 17.3 Å². The number of guanidine groups is 1. The molecule has 23 heavy (non-hydrogen) atoms. The summed E-state index contributed by atoms with van der Waals surface area (Å²) in [6.07, 6.45) is 3.11. The number of benzene rings is 1. The maximum absolute atomic E-state index is 4.56. The first-order valence-corrected chi connectivity index (χ1v) is 8.92. The Labute approximate surface area is 143 Å². The molecule has 124 valence electrons. The summed E-state index contributed by atoms with van der Waals surface area (Å²) in [6, 6.07) is 10.6. The molecule has 0 radical (unpaired) electrons. The summed E-state index contributed by atoms with van der Waals surface area (Å²) in [5, 5.41) is 7.90. The van der Waals surface area contributed by atoms with Crippen LogP contribution >= 0.6 is 11.3 Å². The predicted molar refractivity (Wildman–Crippen MR) is 99.4 cm³/mol. The fourth-order valence-electron chi connectivity index (χ4n) is 2.30. The smallest absolute Gasteiger partial charge is 0.190 e. The zero-order valence-corrected chi connectivity index (χ0v) is 15.0. The second-order valence-electron chi connectivity index (χ2n) is 5.51. The van der Waals surface area contributed by atoms with Crippen molar-refractivity contribution in [3.63, 3.8) is 0 Å². The minimum absolute atomic E-state index is 0.852. The largest absolute Gasteiger partial charge is 0.356 e. The molecule has 0 aliphatic heterocycles. The maximum Gasteiger partial charge on any atom is 0.190 e. The second-order valence-corrected chi connectivity index (χ2v) is 6.80. The van der Waals surface area contributed by atoms with Gasteiger partial charge in [-0.25, -0.2) is 4.98 Å². The molecule has 0 atom stereocenters. The van der Waals surface area contributed by atoms with Crippen LogP contribution in [0.3, 0.4) is 0 Å². The van der Waals surface area contributed by atoms with E-state index in [2.05, 4.69) is 64.8 Å². The van der Waals surface area contributed by atoms with Crippen molar-refractivity contribution in [2.75, 3.05) is 20.1 Å². The van der Waals surface area contributed by atoms with Crippen molar-refractivity contribution in [1.82, 2.24) is 15.6 Å². The number of hydrogen-bond acceptors (Lipinski definition) is 3. The summed E-state index contributed by atoms with van der Waals surface area (Å²) in [5.41, 5.74) is 2.53. The molecule has 0 aliphatic rings. The Balaban J connectivity index is 1.63. The van der Waals surface area contributed by atoms with Gasteiger partial charge in [0.1, 0.15) is 0 Å². The van der Waals surface area contributed by atoms with Gasteiger partial charge in [0.2, 0.25) is 0 Å². The van der Waals surface area contributed by atoms with Crippen molar-refractivity contribution in [2.24, 2.45) is 4.99 Å². The van der Waals surface area contributed by atoms with E-state index in [1.807, 2.05) is 7.05 Å². The Bertz CT molecular complexity index is 600. The SMILES string of the molecule is CN=C(NCCCc1ccccc1)NCCc1nc(C)c(C)s1. The van der Waals surface area contributed by atoms with Crippen LogP contribution in [0.15, 0.2) is 35.3 Å². The van der Waals surface area contributed by atoms with Crippen molar-refractivity contribution in [3.8, 4) is 0 Å². The standard InChI is InChI=1S/C18H26N4S/c1-14-15(2)23-17(22-14)11-13-21-18(19-3)20-12-7-10-16-8-5-4-6-9-16/h4-6,8-9H,7,10-13H2,1-3H3,(H2,19,20,21). The van der Waals surface area contributed by atoms with E-state index in [1.54, 1.807) is 11.3 Å². The number of aliphatic imine (C=N–C) groups is 1. The third-order valence-electron chi connectivity index (χ3n) is 3.71. The number of hydrogen-bond donors (Lipinski definition) is 2. The van der Waals surface area contributed by atoms with Gasteiger partial charge in [0.15, 0.2) is 5.96 Å². The monoisotopic (exact) mass is 330 g/mol. The topological polar surface area (TPSA) is 49.3 Å². The Hall–Kier alpha value is -1.88. The maximum atomic E-state index is 4.56. The Morgan fingerprint density at radius 1 is 1.09 bits per heavy atom. The van der Waals surface area contributed by atoms with E-state index in [4.69, 9.17) is 0 Å². The van der Waals surface area contributed by atoms with E-state index in [0.717, 1.165) is 44.0 Å². The minimum Gasteiger partial charge on any atom is -0.356 e. The fraction of sp³-hybridized carbons (Fsp3) is 0.444. The lowest BCUT2D eigenvalue weighted by Crippen LogP contribution is -2.38. The molecule has 0 aliphatic carbocycles. The molecule has 4 nitrogen and oxygen atoms in total. The normalized spacial score (nSPS) is 11.5. The summed E-state index contributed by atoms with van der Waals surface area (Å²) < 4.78 is 0. The highest BCUT2D eigenvalue weighted by Gasteiger charge is 2.04. The van der Waals surface area contributed by atoms with E-state index in [-0.39, 0.29) is 0 Å². The number of aryl methyl sites for hydroxylation is 3. The third-order valence-corrected chi connectivity index (χ3v) is 4.84. The molecule has 2 N–H and O–H groups in total. The van der Waals surface area contributed by atoms with Gasteiger partial charge in [-0.3, -0.25) is 4.99 Å². The van der Waals surface area contributed by atoms with E-state index >= 15 is 0 Å². The highest BCUT2D eigenvalue weighted by Crippen LogP contribution is 2.16. The Morgan fingerprint density at radius 3 is 2.48 bits per heavy atom. The summed E-state index contributed by atoms with van der Waals surface area (Å²) in [5.74, 6) is 0.864. The first-order chi connectivity index (χ1) is 11.2. The third kappa shape index (κ3) is 6.02. The van der Waals surface area contributed by atoms with Gasteiger partial charge < -0.3 is 10.6 Å². The first kappa shape index (κ1) is 17.5. The van der Waals surface area contributed by atoms with E-state index < -0.39 is 0 Å². The van der Waals surface area contributed by atoms with Crippen molar-refractivity contribution in [2.45, 2.75) is 33.1 Å². The number of thiazole rings is 1. The van der Waals surface area contributed by atoms with Crippen LogP contribution in [0.25, 0.3) is 0 Å². The van der Waals surface area contributed by atoms with Crippen LogP contribution < -0.4 is 10.6 Å². The lowest BCUT2D eigenvalue weighted by Gasteiger charge is -2.11. The average Bonchev–Trinajstić information content (AvgIpc) is 2.89. The molecule has 0 spiro atoms. The minimum atomic E-state index is 0.852. The lowest BCUT2D eigenvalue weighted by atomic mass is 10.1. The zero-order valence-electron chi connectivity index (χ0n) is 14.2. The fourth-order valence-corrected chi connectivity index (χ4v) is 3.23. The molecule has 0 fully saturated rings. The summed E-state index contributed by atoms with van der Waals surface area (Å²) >= 11 is 1.78. The first-order valence-electron chi connectivity index (χ1n) is 8.10. The van der Waals surface area contributed by atoms with Crippen LogP contribution in [-0.4, -0.2) is 31.1 Å². The van der Waals surface area contributed by atoms with Gasteiger partial charge in [-0.2, -0.15) is 0 Å². The van der Waals surface area contributed by atoms with Crippen LogP contribution in [0.2, 0.25) is 0 Å². The molecule has 1 heterocycles. The second kappa shape index (κ2) is 9.30. The quantitative estimate of drug-likeness (QED) is 0.466. The van der Waals surface area contributed by atoms with Crippen LogP contribution in [0.5, 0.6) is 0 Å². The van der Waals surface area contributed by atoms with Gasteiger partial charge in [-0.1, -0.05) is 30.3 Å². The van der Waals surface area contributed by atoms with E-state index in [0.29, 0.717) is 0 Å². The van der Waals surface area contributed by atoms with Gasteiger partial charge in [-0.15, -0.1) is 11.3 Å². The number of aromatic nitrogens is 1. The van der Waals surface area contributed by atoms with Gasteiger partial charge in [0.25, 0.3) is 0 Å². The lowest BCUT2D eigenvalue weighted by molar-refractivity contribution is 0.738. The van der Waals surface area contributed by atoms with Gasteiger partial charge in [-0.05, 0) is 32.3 Å². The van der Waals surface area contributed by atoms with Crippen molar-refractivity contribution < 1.29 is 0 Å². The Kier molecular flexibility index (Phi) is 7.07. The van der Waals surface area contributed by atoms with E-state index in [1.165, 1.54) is 15.4 Å². The van der Waals surface area contributed by atoms with Crippen molar-refractivity contribution in [1.29, 1.82) is 0 Å². The molecular formula is C18H26N4S. The number of nitrogens with zero attached hydrogens (tertiary/aromatic N) is 2. The molecule has 0 saturated carbocycles. The van der Waals surface area contributed by atoms with Crippen molar-refractivity contribution in [3.05, 3.63) is 51.5 Å². The van der Waals surface area contributed by atoms with Crippen LogP contribution in [0.1, 0.15) is 27.6 Å². The zero-order chi connectivity index (χ0) is 16.5. The summed E-state index contributed by atoms with van der Waals surface area (Å²) in [6.45, 7) is 5.96. The summed E-state index contributed by atoms with van der Waals surface area (Å²) in [4.78, 5) is 10.1. The molecular weight excluding hydrogens is 304 g/mol. The van der Waals surface area contributed by atoms with Gasteiger partial charge >= 0.3 is 0 Å². The average molecular weight is 331 g/mol. The predicted octanol–water partition coefficient (Wildman–Crippen LogP) is 3.10. The molecule has 0 bridgehead atoms. The molecule has 0 unspecified atom stereocenters. The number of rotatable bonds is 7. The molecule has 0 saturated heterocycles. The highest BCUT2D eigenvalue weighted by atomic mass is 32.1.